The Balaban J connectivity index is 3.47. The average Bonchev–Trinajstić information content (AvgIpc) is 2.34. The molecule has 1 rings (SSSR count). The molecule has 0 atom stereocenters. The quantitative estimate of drug-likeness (QED) is 0.617. The van der Waals surface area contributed by atoms with Crippen LogP contribution in [0, 0.1) is 10.1 Å². The number of non-ortho nitro benzene ring substituents is 1. The summed E-state index contributed by atoms with van der Waals surface area (Å²) in [4.78, 5) is 21.1. The van der Waals surface area contributed by atoms with Crippen LogP contribution < -0.4 is 10.5 Å². The van der Waals surface area contributed by atoms with Crippen molar-refractivity contribution in [3.63, 3.8) is 0 Å². The van der Waals surface area contributed by atoms with Crippen molar-refractivity contribution in [2.75, 3.05) is 6.54 Å². The molecule has 0 aromatic heterocycles. The molecule has 0 heterocycles. The van der Waals surface area contributed by atoms with E-state index in [1.165, 1.54) is 0 Å². The van der Waals surface area contributed by atoms with Crippen LogP contribution in [0.1, 0.15) is 23.7 Å². The zero-order valence-corrected chi connectivity index (χ0v) is 12.0. The Labute approximate surface area is 120 Å². The van der Waals surface area contributed by atoms with Crippen molar-refractivity contribution in [2.24, 2.45) is 5.14 Å². The first-order valence-corrected chi connectivity index (χ1v) is 7.39. The van der Waals surface area contributed by atoms with Gasteiger partial charge in [-0.3, -0.25) is 14.9 Å². The molecule has 110 valence electrons. The monoisotopic (exact) mass is 321 g/mol. The lowest BCUT2D eigenvalue weighted by atomic mass is 10.2. The van der Waals surface area contributed by atoms with Crippen molar-refractivity contribution in [1.29, 1.82) is 0 Å². The summed E-state index contributed by atoms with van der Waals surface area (Å²) in [6.07, 6.45) is 0.639. The van der Waals surface area contributed by atoms with Crippen LogP contribution in [-0.2, 0) is 10.0 Å². The first-order valence-electron chi connectivity index (χ1n) is 5.47. The fourth-order valence-corrected chi connectivity index (χ4v) is 2.56. The van der Waals surface area contributed by atoms with Crippen molar-refractivity contribution in [3.05, 3.63) is 32.8 Å². The van der Waals surface area contributed by atoms with Crippen molar-refractivity contribution in [1.82, 2.24) is 5.32 Å². The van der Waals surface area contributed by atoms with Crippen molar-refractivity contribution in [2.45, 2.75) is 18.2 Å². The van der Waals surface area contributed by atoms with Crippen LogP contribution in [0.4, 0.5) is 5.69 Å². The van der Waals surface area contributed by atoms with Crippen LogP contribution in [0.25, 0.3) is 0 Å². The van der Waals surface area contributed by atoms with Gasteiger partial charge in [-0.05, 0) is 6.42 Å². The molecule has 1 aromatic carbocycles. The third-order valence-corrected chi connectivity index (χ3v) is 3.78. The molecule has 0 saturated heterocycles. The maximum atomic E-state index is 11.8. The minimum absolute atomic E-state index is 0.307. The Kier molecular flexibility index (Phi) is 5.03. The Bertz CT molecular complexity index is 659. The van der Waals surface area contributed by atoms with Gasteiger partial charge in [0.1, 0.15) is 4.90 Å². The number of primary sulfonamides is 1. The summed E-state index contributed by atoms with van der Waals surface area (Å²) in [5.74, 6) is -0.703. The van der Waals surface area contributed by atoms with Gasteiger partial charge in [-0.1, -0.05) is 18.5 Å². The number of hydrogen-bond donors (Lipinski definition) is 2. The van der Waals surface area contributed by atoms with E-state index in [1.807, 2.05) is 6.92 Å². The maximum absolute atomic E-state index is 11.8. The number of nitro benzene ring substituents is 1. The SMILES string of the molecule is CCCNC(=O)c1cc([N+](=O)[O-])cc(S(N)(=O)=O)c1Cl. The number of nitrogens with two attached hydrogens (primary N) is 1. The number of nitrogens with one attached hydrogen (secondary N) is 1. The number of carbonyl (C=O) groups is 1. The highest BCUT2D eigenvalue weighted by Crippen LogP contribution is 2.29. The molecule has 0 spiro atoms. The van der Waals surface area contributed by atoms with Crippen molar-refractivity contribution >= 4 is 33.2 Å². The summed E-state index contributed by atoms with van der Waals surface area (Å²) in [6, 6.07) is 1.62. The number of hydrogen-bond acceptors (Lipinski definition) is 5. The molecule has 0 unspecified atom stereocenters. The van der Waals surface area contributed by atoms with E-state index >= 15 is 0 Å². The minimum atomic E-state index is -4.28. The Morgan fingerprint density at radius 3 is 2.55 bits per heavy atom. The highest BCUT2D eigenvalue weighted by molar-refractivity contribution is 7.89. The van der Waals surface area contributed by atoms with Gasteiger partial charge in [0.25, 0.3) is 11.6 Å². The summed E-state index contributed by atoms with van der Waals surface area (Å²) in [7, 11) is -4.28. The number of halogens is 1. The van der Waals surface area contributed by atoms with Gasteiger partial charge in [0.2, 0.25) is 10.0 Å². The van der Waals surface area contributed by atoms with Crippen LogP contribution >= 0.6 is 11.6 Å². The fraction of sp³-hybridized carbons (Fsp3) is 0.300. The molecule has 0 saturated carbocycles. The number of benzene rings is 1. The number of nitro groups is 1. The van der Waals surface area contributed by atoms with E-state index in [4.69, 9.17) is 16.7 Å². The fourth-order valence-electron chi connectivity index (χ4n) is 1.39. The first-order chi connectivity index (χ1) is 9.18. The second-order valence-corrected chi connectivity index (χ2v) is 5.77. The Morgan fingerprint density at radius 1 is 1.50 bits per heavy atom. The zero-order valence-electron chi connectivity index (χ0n) is 10.4. The van der Waals surface area contributed by atoms with E-state index in [2.05, 4.69) is 5.32 Å². The molecule has 3 N–H and O–H groups in total. The predicted octanol–water partition coefficient (Wildman–Crippen LogP) is 1.04. The largest absolute Gasteiger partial charge is 0.352 e. The number of carbonyl (C=O) groups excluding carboxylic acids is 1. The third-order valence-electron chi connectivity index (χ3n) is 2.32. The molecular weight excluding hydrogens is 310 g/mol. The molecule has 1 aromatic rings. The standard InChI is InChI=1S/C10H12ClN3O5S/c1-2-3-13-10(15)7-4-6(14(16)17)5-8(9(7)11)20(12,18)19/h4-5H,2-3H2,1H3,(H,13,15)(H2,12,18,19). The lowest BCUT2D eigenvalue weighted by molar-refractivity contribution is -0.385. The van der Waals surface area contributed by atoms with E-state index in [1.54, 1.807) is 0 Å². The summed E-state index contributed by atoms with van der Waals surface area (Å²) in [6.45, 7) is 2.13. The topological polar surface area (TPSA) is 132 Å². The number of nitrogens with zero attached hydrogens (tertiary/aromatic N) is 1. The van der Waals surface area contributed by atoms with Crippen LogP contribution in [0.3, 0.4) is 0 Å². The van der Waals surface area contributed by atoms with Gasteiger partial charge in [-0.2, -0.15) is 0 Å². The van der Waals surface area contributed by atoms with Crippen LogP contribution in [0.2, 0.25) is 5.02 Å². The molecule has 0 aliphatic rings. The van der Waals surface area contributed by atoms with Crippen LogP contribution in [-0.4, -0.2) is 25.8 Å². The smallest absolute Gasteiger partial charge is 0.271 e. The molecule has 0 fully saturated rings. The number of amides is 1. The van der Waals surface area contributed by atoms with Gasteiger partial charge < -0.3 is 5.32 Å². The van der Waals surface area contributed by atoms with Gasteiger partial charge in [-0.15, -0.1) is 0 Å². The van der Waals surface area contributed by atoms with Gasteiger partial charge in [0, 0.05) is 18.7 Å². The normalized spacial score (nSPS) is 11.2. The summed E-state index contributed by atoms with van der Waals surface area (Å²) < 4.78 is 22.7. The molecule has 8 nitrogen and oxygen atoms in total. The van der Waals surface area contributed by atoms with Crippen LogP contribution in [0.15, 0.2) is 17.0 Å². The van der Waals surface area contributed by atoms with E-state index < -0.39 is 36.5 Å². The van der Waals surface area contributed by atoms with Crippen LogP contribution in [0.5, 0.6) is 0 Å². The average molecular weight is 322 g/mol. The predicted molar refractivity (Wildman–Crippen MR) is 72.1 cm³/mol. The molecule has 0 radical (unpaired) electrons. The second kappa shape index (κ2) is 6.16. The van der Waals surface area contributed by atoms with Crippen molar-refractivity contribution < 1.29 is 18.1 Å². The van der Waals surface area contributed by atoms with Gasteiger partial charge >= 0.3 is 0 Å². The minimum Gasteiger partial charge on any atom is -0.352 e. The van der Waals surface area contributed by atoms with E-state index in [9.17, 15) is 23.3 Å². The highest BCUT2D eigenvalue weighted by Gasteiger charge is 2.25. The lowest BCUT2D eigenvalue weighted by Gasteiger charge is -2.08. The van der Waals surface area contributed by atoms with Gasteiger partial charge in [0.15, 0.2) is 0 Å². The highest BCUT2D eigenvalue weighted by atomic mass is 35.5. The van der Waals surface area contributed by atoms with E-state index in [0.717, 1.165) is 6.07 Å². The molecule has 0 bridgehead atoms. The number of rotatable bonds is 5. The third kappa shape index (κ3) is 3.65. The van der Waals surface area contributed by atoms with Gasteiger partial charge in [-0.25, -0.2) is 13.6 Å². The van der Waals surface area contributed by atoms with Crippen molar-refractivity contribution in [3.8, 4) is 0 Å². The summed E-state index contributed by atoms with van der Waals surface area (Å²) in [5.41, 5.74) is -0.890. The van der Waals surface area contributed by atoms with Gasteiger partial charge in [0.05, 0.1) is 15.5 Å². The maximum Gasteiger partial charge on any atom is 0.271 e. The van der Waals surface area contributed by atoms with E-state index in [0.29, 0.717) is 19.0 Å². The summed E-state index contributed by atoms with van der Waals surface area (Å²) >= 11 is 5.80. The molecule has 1 amide bonds. The Morgan fingerprint density at radius 2 is 2.10 bits per heavy atom. The van der Waals surface area contributed by atoms with E-state index in [-0.39, 0.29) is 5.56 Å². The zero-order chi connectivity index (χ0) is 15.5. The molecular formula is C10H12ClN3O5S. The number of sulfonamides is 1. The molecule has 20 heavy (non-hydrogen) atoms. The second-order valence-electron chi connectivity index (χ2n) is 3.86. The lowest BCUT2D eigenvalue weighted by Crippen LogP contribution is -2.25. The summed E-state index contributed by atoms with van der Waals surface area (Å²) in [5, 5.41) is 17.7. The first kappa shape index (κ1) is 16.3. The molecule has 0 aliphatic heterocycles. The molecule has 0 aliphatic carbocycles. The molecule has 10 heteroatoms. The Hall–Kier alpha value is -1.71.